The van der Waals surface area contributed by atoms with E-state index in [1.807, 2.05) is 0 Å². The minimum absolute atomic E-state index is 0.0752. The van der Waals surface area contributed by atoms with Gasteiger partial charge in [-0.25, -0.2) is 0 Å². The molecule has 0 bridgehead atoms. The van der Waals surface area contributed by atoms with Crippen LogP contribution in [0.5, 0.6) is 0 Å². The number of anilines is 1. The van der Waals surface area contributed by atoms with Crippen molar-refractivity contribution in [3.8, 4) is 0 Å². The Morgan fingerprint density at radius 3 is 2.35 bits per heavy atom. The molecule has 23 heavy (non-hydrogen) atoms. The van der Waals surface area contributed by atoms with Crippen molar-refractivity contribution in [2.45, 2.75) is 18.5 Å². The molecule has 2 aromatic rings. The van der Waals surface area contributed by atoms with Gasteiger partial charge in [-0.2, -0.15) is 13.2 Å². The first-order valence-corrected chi connectivity index (χ1v) is 6.96. The number of carbonyl (C=O) groups excluding carboxylic acids is 2. The predicted molar refractivity (Wildman–Crippen MR) is 78.2 cm³/mol. The lowest BCUT2D eigenvalue weighted by Crippen LogP contribution is -2.19. The first kappa shape index (κ1) is 15.3. The number of alkyl halides is 3. The maximum atomic E-state index is 12.5. The lowest BCUT2D eigenvalue weighted by atomic mass is 10.0. The van der Waals surface area contributed by atoms with E-state index in [1.54, 1.807) is 24.3 Å². The molecule has 118 valence electrons. The Hall–Kier alpha value is -2.63. The highest BCUT2D eigenvalue weighted by Gasteiger charge is 2.34. The summed E-state index contributed by atoms with van der Waals surface area (Å²) in [6.07, 6.45) is -4.34. The van der Waals surface area contributed by atoms with Gasteiger partial charge in [0.15, 0.2) is 5.78 Å². The lowest BCUT2D eigenvalue weighted by molar-refractivity contribution is -0.137. The van der Waals surface area contributed by atoms with Gasteiger partial charge in [-0.15, -0.1) is 0 Å². The highest BCUT2D eigenvalue weighted by atomic mass is 19.4. The first-order chi connectivity index (χ1) is 10.9. The molecule has 0 aromatic heterocycles. The number of rotatable bonds is 2. The van der Waals surface area contributed by atoms with Crippen LogP contribution in [0.15, 0.2) is 48.5 Å². The maximum absolute atomic E-state index is 12.5. The molecule has 0 radical (unpaired) electrons. The van der Waals surface area contributed by atoms with Crippen LogP contribution in [0.2, 0.25) is 0 Å². The van der Waals surface area contributed by atoms with Crippen molar-refractivity contribution in [3.05, 3.63) is 65.2 Å². The highest BCUT2D eigenvalue weighted by molar-refractivity contribution is 6.09. The molecule has 0 fully saturated rings. The zero-order valence-corrected chi connectivity index (χ0v) is 11.9. The van der Waals surface area contributed by atoms with Crippen LogP contribution in [0.4, 0.5) is 18.9 Å². The lowest BCUT2D eigenvalue weighted by Gasteiger charge is -2.12. The molecule has 2 aromatic carbocycles. The Morgan fingerprint density at radius 2 is 1.70 bits per heavy atom. The molecule has 1 atom stereocenters. The average molecular weight is 319 g/mol. The Balaban J connectivity index is 1.77. The van der Waals surface area contributed by atoms with Crippen LogP contribution < -0.4 is 5.32 Å². The van der Waals surface area contributed by atoms with Crippen molar-refractivity contribution in [1.82, 2.24) is 0 Å². The molecule has 3 nitrogen and oxygen atoms in total. The molecule has 1 aliphatic carbocycles. The van der Waals surface area contributed by atoms with Crippen molar-refractivity contribution in [1.29, 1.82) is 0 Å². The molecule has 6 heteroatoms. The number of halogens is 3. The number of ketones is 1. The summed E-state index contributed by atoms with van der Waals surface area (Å²) in [4.78, 5) is 24.2. The van der Waals surface area contributed by atoms with E-state index >= 15 is 0 Å². The molecule has 0 spiro atoms. The van der Waals surface area contributed by atoms with E-state index in [2.05, 4.69) is 5.32 Å². The molecular weight excluding hydrogens is 307 g/mol. The smallest absolute Gasteiger partial charge is 0.326 e. The summed E-state index contributed by atoms with van der Waals surface area (Å²) in [6.45, 7) is 0. The van der Waals surface area contributed by atoms with Gasteiger partial charge in [-0.1, -0.05) is 24.3 Å². The third-order valence-corrected chi connectivity index (χ3v) is 3.82. The van der Waals surface area contributed by atoms with Crippen LogP contribution in [0.25, 0.3) is 0 Å². The number of amides is 1. The second-order valence-corrected chi connectivity index (χ2v) is 5.33. The molecule has 0 heterocycles. The van der Waals surface area contributed by atoms with Crippen molar-refractivity contribution >= 4 is 17.4 Å². The molecule has 0 saturated heterocycles. The van der Waals surface area contributed by atoms with Crippen LogP contribution >= 0.6 is 0 Å². The number of hydrogen-bond donors (Lipinski definition) is 1. The standard InChI is InChI=1S/C17H12F3NO2/c18-17(19,20)10-5-7-11(8-6-10)21-16(23)14-9-15(22)13-4-2-1-3-12(13)14/h1-8,14H,9H2,(H,21,23)/t14-/m1/s1. The van der Waals surface area contributed by atoms with Gasteiger partial charge in [0.2, 0.25) is 5.91 Å². The number of Topliss-reactive ketones (excluding diaryl/α,β-unsaturated/α-hetero) is 1. The van der Waals surface area contributed by atoms with Gasteiger partial charge >= 0.3 is 6.18 Å². The van der Waals surface area contributed by atoms with E-state index < -0.39 is 23.6 Å². The monoisotopic (exact) mass is 319 g/mol. The van der Waals surface area contributed by atoms with Crippen molar-refractivity contribution in [3.63, 3.8) is 0 Å². The van der Waals surface area contributed by atoms with E-state index in [0.717, 1.165) is 12.1 Å². The number of benzene rings is 2. The van der Waals surface area contributed by atoms with Crippen LogP contribution in [0.1, 0.15) is 33.8 Å². The molecular formula is C17H12F3NO2. The minimum Gasteiger partial charge on any atom is -0.326 e. The normalized spacial score (nSPS) is 17.0. The van der Waals surface area contributed by atoms with Crippen molar-refractivity contribution < 1.29 is 22.8 Å². The van der Waals surface area contributed by atoms with Crippen LogP contribution in [-0.4, -0.2) is 11.7 Å². The van der Waals surface area contributed by atoms with Gasteiger partial charge in [0.25, 0.3) is 0 Å². The van der Waals surface area contributed by atoms with Gasteiger partial charge in [-0.3, -0.25) is 9.59 Å². The van der Waals surface area contributed by atoms with Crippen LogP contribution in [-0.2, 0) is 11.0 Å². The second-order valence-electron chi connectivity index (χ2n) is 5.33. The third kappa shape index (κ3) is 2.97. The van der Waals surface area contributed by atoms with E-state index in [-0.39, 0.29) is 17.9 Å². The molecule has 0 aliphatic heterocycles. The largest absolute Gasteiger partial charge is 0.416 e. The van der Waals surface area contributed by atoms with Gasteiger partial charge in [0.05, 0.1) is 11.5 Å². The number of carbonyl (C=O) groups is 2. The van der Waals surface area contributed by atoms with Gasteiger partial charge in [0.1, 0.15) is 0 Å². The molecule has 0 unspecified atom stereocenters. The molecule has 1 amide bonds. The predicted octanol–water partition coefficient (Wildman–Crippen LogP) is 4.01. The van der Waals surface area contributed by atoms with Gasteiger partial charge in [0, 0.05) is 17.7 Å². The molecule has 3 rings (SSSR count). The molecule has 1 aliphatic rings. The molecule has 1 N–H and O–H groups in total. The van der Waals surface area contributed by atoms with Crippen LogP contribution in [0, 0.1) is 0 Å². The number of nitrogens with one attached hydrogen (secondary N) is 1. The number of hydrogen-bond acceptors (Lipinski definition) is 2. The molecule has 0 saturated carbocycles. The van der Waals surface area contributed by atoms with Gasteiger partial charge < -0.3 is 5.32 Å². The van der Waals surface area contributed by atoms with Gasteiger partial charge in [-0.05, 0) is 29.8 Å². The van der Waals surface area contributed by atoms with E-state index in [0.29, 0.717) is 11.1 Å². The maximum Gasteiger partial charge on any atom is 0.416 e. The average Bonchev–Trinajstić information content (AvgIpc) is 2.85. The van der Waals surface area contributed by atoms with Crippen molar-refractivity contribution in [2.24, 2.45) is 0 Å². The Bertz CT molecular complexity index is 766. The fourth-order valence-corrected chi connectivity index (χ4v) is 2.67. The third-order valence-electron chi connectivity index (χ3n) is 3.82. The Morgan fingerprint density at radius 1 is 1.04 bits per heavy atom. The zero-order valence-electron chi connectivity index (χ0n) is 11.9. The minimum atomic E-state index is -4.42. The summed E-state index contributed by atoms with van der Waals surface area (Å²) in [5, 5.41) is 2.57. The Labute approximate surface area is 130 Å². The second kappa shape index (κ2) is 5.53. The van der Waals surface area contributed by atoms with E-state index in [1.165, 1.54) is 12.1 Å². The summed E-state index contributed by atoms with van der Waals surface area (Å²) < 4.78 is 37.5. The Kier molecular flexibility index (Phi) is 3.67. The summed E-state index contributed by atoms with van der Waals surface area (Å²) in [7, 11) is 0. The zero-order chi connectivity index (χ0) is 16.6. The summed E-state index contributed by atoms with van der Waals surface area (Å²) in [5.74, 6) is -1.11. The van der Waals surface area contributed by atoms with E-state index in [9.17, 15) is 22.8 Å². The van der Waals surface area contributed by atoms with Crippen LogP contribution in [0.3, 0.4) is 0 Å². The summed E-state index contributed by atoms with van der Waals surface area (Å²) in [6, 6.07) is 11.1. The summed E-state index contributed by atoms with van der Waals surface area (Å²) >= 11 is 0. The van der Waals surface area contributed by atoms with E-state index in [4.69, 9.17) is 0 Å². The fourth-order valence-electron chi connectivity index (χ4n) is 2.67. The first-order valence-electron chi connectivity index (χ1n) is 6.96. The topological polar surface area (TPSA) is 46.2 Å². The number of fused-ring (bicyclic) bond motifs is 1. The highest BCUT2D eigenvalue weighted by Crippen LogP contribution is 2.34. The van der Waals surface area contributed by atoms with Crippen molar-refractivity contribution in [2.75, 3.05) is 5.32 Å². The SMILES string of the molecule is O=C1C[C@@H](C(=O)Nc2ccc(C(F)(F)F)cc2)c2ccccc21. The fraction of sp³-hybridized carbons (Fsp3) is 0.176. The quantitative estimate of drug-likeness (QED) is 0.909. The summed E-state index contributed by atoms with van der Waals surface area (Å²) in [5.41, 5.74) is 0.665.